The molecule has 200 valence electrons. The molecular weight excluding hydrogens is 498 g/mol. The van der Waals surface area contributed by atoms with Crippen molar-refractivity contribution >= 4 is 52.4 Å². The number of nitrogens with zero attached hydrogens (tertiary/aromatic N) is 5. The van der Waals surface area contributed by atoms with Gasteiger partial charge in [-0.2, -0.15) is 9.97 Å². The predicted octanol–water partition coefficient (Wildman–Crippen LogP) is -0.227. The van der Waals surface area contributed by atoms with E-state index in [9.17, 15) is 24.3 Å². The second kappa shape index (κ2) is 11.8. The minimum absolute atomic E-state index is 0.00788. The van der Waals surface area contributed by atoms with Gasteiger partial charge in [-0.1, -0.05) is 0 Å². The van der Waals surface area contributed by atoms with E-state index in [-0.39, 0.29) is 23.8 Å². The van der Waals surface area contributed by atoms with Gasteiger partial charge in [-0.05, 0) is 37.6 Å². The molecule has 0 aliphatic carbocycles. The molecule has 0 saturated heterocycles. The Hall–Kier alpha value is -5.08. The van der Waals surface area contributed by atoms with Crippen LogP contribution in [0.4, 0.5) is 17.5 Å². The Labute approximate surface area is 216 Å². The number of anilines is 3. The first kappa shape index (κ1) is 27.5. The molecule has 2 unspecified atom stereocenters. The third-order valence-corrected chi connectivity index (χ3v) is 5.47. The van der Waals surface area contributed by atoms with Crippen molar-refractivity contribution in [2.45, 2.75) is 38.4 Å². The van der Waals surface area contributed by atoms with Gasteiger partial charge < -0.3 is 37.2 Å². The smallest absolute Gasteiger partial charge is 0.326 e. The number of aliphatic carboxylic acids is 2. The minimum atomic E-state index is -1.39. The van der Waals surface area contributed by atoms with Crippen LogP contribution >= 0.6 is 0 Å². The van der Waals surface area contributed by atoms with Gasteiger partial charge in [-0.25, -0.2) is 14.8 Å². The first-order chi connectivity index (χ1) is 17.9. The summed E-state index contributed by atoms with van der Waals surface area (Å²) in [4.78, 5) is 65.3. The summed E-state index contributed by atoms with van der Waals surface area (Å²) in [6.07, 6.45) is 0.839. The normalized spacial score (nSPS) is 12.4. The second-order valence-corrected chi connectivity index (χ2v) is 8.43. The quantitative estimate of drug-likeness (QED) is 0.190. The molecule has 8 N–H and O–H groups in total. The Morgan fingerprint density at radius 2 is 1.71 bits per heavy atom. The van der Waals surface area contributed by atoms with Gasteiger partial charge in [0.15, 0.2) is 17.0 Å². The van der Waals surface area contributed by atoms with E-state index in [2.05, 4.69) is 30.6 Å². The van der Waals surface area contributed by atoms with Crippen LogP contribution in [0, 0.1) is 0 Å². The van der Waals surface area contributed by atoms with Crippen LogP contribution in [0.3, 0.4) is 0 Å². The van der Waals surface area contributed by atoms with E-state index in [0.717, 1.165) is 5.69 Å². The zero-order valence-corrected chi connectivity index (χ0v) is 20.6. The maximum absolute atomic E-state index is 12.6. The average Bonchev–Trinajstić information content (AvgIpc) is 2.86. The number of nitrogens with two attached hydrogens (primary N) is 2. The number of carboxylic acid groups (broad SMARTS) is 2. The van der Waals surface area contributed by atoms with Crippen molar-refractivity contribution in [1.29, 1.82) is 0 Å². The number of carboxylic acids is 2. The molecule has 2 aromatic heterocycles. The standard InChI is InChI=1S/C23H27N9O6/c1-11(20(35)29-15(22(37)38)7-8-16(33)34)27-21(36)12-3-5-14(6-4-12)32(2)10-13-9-26-19-17(28-13)18(24)30-23(25)31-19/h3-6,9,11,15H,7-8,10H2,1-2H3,(H,27,36)(H,29,35)(H,33,34)(H,37,38)(H4,24,25,26,30,31). The number of benzene rings is 1. The van der Waals surface area contributed by atoms with Gasteiger partial charge in [0.05, 0.1) is 18.4 Å². The molecule has 3 aromatic rings. The Morgan fingerprint density at radius 3 is 2.34 bits per heavy atom. The van der Waals surface area contributed by atoms with Crippen LogP contribution in [-0.2, 0) is 20.9 Å². The zero-order chi connectivity index (χ0) is 28.0. The van der Waals surface area contributed by atoms with Crippen molar-refractivity contribution in [2.75, 3.05) is 23.4 Å². The number of nitrogens with one attached hydrogen (secondary N) is 2. The molecule has 2 heterocycles. The van der Waals surface area contributed by atoms with Gasteiger partial charge in [0.1, 0.15) is 12.1 Å². The molecular formula is C23H27N9O6. The molecule has 0 fully saturated rings. The lowest BCUT2D eigenvalue weighted by Crippen LogP contribution is -2.50. The molecule has 15 nitrogen and oxygen atoms in total. The minimum Gasteiger partial charge on any atom is -0.481 e. The fourth-order valence-corrected chi connectivity index (χ4v) is 3.43. The van der Waals surface area contributed by atoms with E-state index < -0.39 is 42.3 Å². The highest BCUT2D eigenvalue weighted by Gasteiger charge is 2.24. The molecule has 0 radical (unpaired) electrons. The van der Waals surface area contributed by atoms with Crippen LogP contribution in [0.15, 0.2) is 30.5 Å². The topological polar surface area (TPSA) is 240 Å². The summed E-state index contributed by atoms with van der Waals surface area (Å²) in [5.41, 5.74) is 13.7. The number of carbonyl (C=O) groups is 4. The number of fused-ring (bicyclic) bond motifs is 1. The third-order valence-electron chi connectivity index (χ3n) is 5.47. The van der Waals surface area contributed by atoms with Crippen molar-refractivity contribution in [3.05, 3.63) is 41.7 Å². The molecule has 1 aromatic carbocycles. The Balaban J connectivity index is 1.60. The average molecular weight is 526 g/mol. The van der Waals surface area contributed by atoms with Crippen LogP contribution in [0.1, 0.15) is 35.8 Å². The molecule has 2 atom stereocenters. The molecule has 2 amide bonds. The van der Waals surface area contributed by atoms with E-state index in [1.54, 1.807) is 30.5 Å². The number of rotatable bonds is 11. The van der Waals surface area contributed by atoms with E-state index in [4.69, 9.17) is 16.6 Å². The number of hydrogen-bond donors (Lipinski definition) is 6. The lowest BCUT2D eigenvalue weighted by atomic mass is 10.1. The highest BCUT2D eigenvalue weighted by atomic mass is 16.4. The van der Waals surface area contributed by atoms with E-state index >= 15 is 0 Å². The monoisotopic (exact) mass is 525 g/mol. The fourth-order valence-electron chi connectivity index (χ4n) is 3.43. The van der Waals surface area contributed by atoms with Gasteiger partial charge >= 0.3 is 11.9 Å². The number of aromatic nitrogens is 4. The van der Waals surface area contributed by atoms with E-state index in [1.165, 1.54) is 6.92 Å². The van der Waals surface area contributed by atoms with Crippen molar-refractivity contribution in [2.24, 2.45) is 0 Å². The maximum Gasteiger partial charge on any atom is 0.326 e. The molecule has 0 bridgehead atoms. The maximum atomic E-state index is 12.6. The summed E-state index contributed by atoms with van der Waals surface area (Å²) < 4.78 is 0. The summed E-state index contributed by atoms with van der Waals surface area (Å²) >= 11 is 0. The Morgan fingerprint density at radius 1 is 1.03 bits per heavy atom. The van der Waals surface area contributed by atoms with Crippen molar-refractivity contribution in [3.63, 3.8) is 0 Å². The lowest BCUT2D eigenvalue weighted by Gasteiger charge is -2.20. The number of hydrogen-bond acceptors (Lipinski definition) is 11. The van der Waals surface area contributed by atoms with Crippen LogP contribution in [-0.4, -0.2) is 73.0 Å². The second-order valence-electron chi connectivity index (χ2n) is 8.43. The van der Waals surface area contributed by atoms with Crippen LogP contribution in [0.2, 0.25) is 0 Å². The fraction of sp³-hybridized carbons (Fsp3) is 0.304. The molecule has 0 aliphatic rings. The van der Waals surface area contributed by atoms with Gasteiger partial charge in [-0.3, -0.25) is 14.4 Å². The van der Waals surface area contributed by atoms with Crippen LogP contribution in [0.25, 0.3) is 11.2 Å². The molecule has 38 heavy (non-hydrogen) atoms. The highest BCUT2D eigenvalue weighted by molar-refractivity contribution is 5.98. The molecule has 0 aliphatic heterocycles. The largest absolute Gasteiger partial charge is 0.481 e. The Bertz CT molecular complexity index is 1370. The van der Waals surface area contributed by atoms with Gasteiger partial charge in [0.25, 0.3) is 5.91 Å². The number of amides is 2. The summed E-state index contributed by atoms with van der Waals surface area (Å²) in [5.74, 6) is -3.72. The lowest BCUT2D eigenvalue weighted by molar-refractivity contribution is -0.143. The summed E-state index contributed by atoms with van der Waals surface area (Å²) in [6, 6.07) is 4.10. The predicted molar refractivity (Wildman–Crippen MR) is 136 cm³/mol. The Kier molecular flexibility index (Phi) is 8.52. The highest BCUT2D eigenvalue weighted by Crippen LogP contribution is 2.18. The van der Waals surface area contributed by atoms with Gasteiger partial charge in [-0.15, -0.1) is 0 Å². The number of nitrogen functional groups attached to an aromatic ring is 2. The first-order valence-corrected chi connectivity index (χ1v) is 11.4. The summed E-state index contributed by atoms with van der Waals surface area (Å²) in [5, 5.41) is 22.7. The van der Waals surface area contributed by atoms with E-state index in [1.807, 2.05) is 11.9 Å². The first-order valence-electron chi connectivity index (χ1n) is 11.4. The number of carbonyl (C=O) groups excluding carboxylic acids is 2. The molecule has 3 rings (SSSR count). The van der Waals surface area contributed by atoms with Crippen molar-refractivity contribution in [1.82, 2.24) is 30.6 Å². The van der Waals surface area contributed by atoms with Crippen LogP contribution < -0.4 is 27.0 Å². The zero-order valence-electron chi connectivity index (χ0n) is 20.6. The van der Waals surface area contributed by atoms with Crippen LogP contribution in [0.5, 0.6) is 0 Å². The third kappa shape index (κ3) is 6.99. The molecule has 0 saturated carbocycles. The summed E-state index contributed by atoms with van der Waals surface area (Å²) in [6.45, 7) is 1.75. The van der Waals surface area contributed by atoms with Gasteiger partial charge in [0, 0.05) is 24.7 Å². The van der Waals surface area contributed by atoms with Crippen molar-refractivity contribution < 1.29 is 29.4 Å². The molecule has 0 spiro atoms. The summed E-state index contributed by atoms with van der Waals surface area (Å²) in [7, 11) is 1.82. The van der Waals surface area contributed by atoms with Gasteiger partial charge in [0.2, 0.25) is 11.9 Å². The van der Waals surface area contributed by atoms with Crippen molar-refractivity contribution in [3.8, 4) is 0 Å². The SMILES string of the molecule is CC(NC(=O)c1ccc(N(C)Cc2cnc3nc(N)nc(N)c3n2)cc1)C(=O)NC(CCC(=O)O)C(=O)O. The molecule has 15 heteroatoms. The van der Waals surface area contributed by atoms with E-state index in [0.29, 0.717) is 23.4 Å².